The van der Waals surface area contributed by atoms with Crippen LogP contribution in [-0.4, -0.2) is 37.1 Å². The molecule has 1 heterocycles. The Morgan fingerprint density at radius 3 is 2.46 bits per heavy atom. The van der Waals surface area contributed by atoms with Crippen molar-refractivity contribution in [3.63, 3.8) is 0 Å². The summed E-state index contributed by atoms with van der Waals surface area (Å²) in [4.78, 5) is 16.4. The van der Waals surface area contributed by atoms with Gasteiger partial charge in [0.05, 0.1) is 11.6 Å². The number of rotatable bonds is 2. The lowest BCUT2D eigenvalue weighted by Gasteiger charge is -2.36. The maximum Gasteiger partial charge on any atom is 0.321 e. The summed E-state index contributed by atoms with van der Waals surface area (Å²) in [5.74, 6) is 0. The fourth-order valence-corrected chi connectivity index (χ4v) is 2.81. The third kappa shape index (κ3) is 3.79. The Hall–Kier alpha value is -2.71. The van der Waals surface area contributed by atoms with Crippen LogP contribution in [0.2, 0.25) is 5.02 Å². The molecular weight excluding hydrogens is 324 g/mol. The van der Waals surface area contributed by atoms with E-state index in [2.05, 4.69) is 16.3 Å². The maximum absolute atomic E-state index is 12.4. The van der Waals surface area contributed by atoms with E-state index >= 15 is 0 Å². The van der Waals surface area contributed by atoms with E-state index in [0.717, 1.165) is 23.8 Å². The van der Waals surface area contributed by atoms with Gasteiger partial charge in [0.15, 0.2) is 0 Å². The first-order chi connectivity index (χ1) is 11.7. The second-order valence-corrected chi connectivity index (χ2v) is 6.01. The molecule has 0 saturated carbocycles. The predicted molar refractivity (Wildman–Crippen MR) is 95.4 cm³/mol. The Balaban J connectivity index is 1.57. The lowest BCUT2D eigenvalue weighted by molar-refractivity contribution is 0.208. The van der Waals surface area contributed by atoms with Crippen molar-refractivity contribution in [2.45, 2.75) is 0 Å². The first kappa shape index (κ1) is 16.2. The molecule has 0 atom stereocenters. The molecule has 1 aliphatic heterocycles. The summed E-state index contributed by atoms with van der Waals surface area (Å²) >= 11 is 5.91. The number of hydrogen-bond donors (Lipinski definition) is 1. The van der Waals surface area contributed by atoms with Crippen LogP contribution in [0, 0.1) is 11.3 Å². The highest BCUT2D eigenvalue weighted by atomic mass is 35.5. The van der Waals surface area contributed by atoms with Crippen LogP contribution in [0.4, 0.5) is 16.2 Å². The number of carbonyl (C=O) groups excluding carboxylic acids is 1. The Morgan fingerprint density at radius 1 is 1.08 bits per heavy atom. The molecule has 6 heteroatoms. The highest BCUT2D eigenvalue weighted by Crippen LogP contribution is 2.20. The zero-order valence-electron chi connectivity index (χ0n) is 13.1. The van der Waals surface area contributed by atoms with Gasteiger partial charge in [0, 0.05) is 42.6 Å². The molecule has 0 radical (unpaired) electrons. The van der Waals surface area contributed by atoms with Crippen LogP contribution >= 0.6 is 11.6 Å². The van der Waals surface area contributed by atoms with E-state index in [9.17, 15) is 4.79 Å². The second-order valence-electron chi connectivity index (χ2n) is 5.57. The van der Waals surface area contributed by atoms with Gasteiger partial charge in [-0.3, -0.25) is 0 Å². The third-order valence-corrected chi connectivity index (χ3v) is 4.25. The molecule has 0 aromatic heterocycles. The molecular formula is C18H17ClN4O. The summed E-state index contributed by atoms with van der Waals surface area (Å²) in [6.07, 6.45) is 0. The number of urea groups is 1. The van der Waals surface area contributed by atoms with Gasteiger partial charge >= 0.3 is 6.03 Å². The summed E-state index contributed by atoms with van der Waals surface area (Å²) in [5, 5.41) is 12.5. The van der Waals surface area contributed by atoms with Crippen molar-refractivity contribution in [2.75, 3.05) is 36.4 Å². The fourth-order valence-electron chi connectivity index (χ4n) is 2.69. The van der Waals surface area contributed by atoms with Crippen molar-refractivity contribution < 1.29 is 4.79 Å². The van der Waals surface area contributed by atoms with Crippen LogP contribution in [0.3, 0.4) is 0 Å². The summed E-state index contributed by atoms with van der Waals surface area (Å²) in [7, 11) is 0. The van der Waals surface area contributed by atoms with E-state index in [-0.39, 0.29) is 6.03 Å². The van der Waals surface area contributed by atoms with Gasteiger partial charge in [-0.1, -0.05) is 17.7 Å². The summed E-state index contributed by atoms with van der Waals surface area (Å²) in [6, 6.07) is 16.6. The maximum atomic E-state index is 12.4. The number of benzene rings is 2. The molecule has 0 bridgehead atoms. The largest absolute Gasteiger partial charge is 0.368 e. The molecule has 2 aromatic rings. The van der Waals surface area contributed by atoms with Gasteiger partial charge in [-0.15, -0.1) is 0 Å². The van der Waals surface area contributed by atoms with Crippen LogP contribution < -0.4 is 10.2 Å². The normalized spacial score (nSPS) is 14.2. The molecule has 2 aromatic carbocycles. The number of nitriles is 1. The minimum atomic E-state index is -0.138. The van der Waals surface area contributed by atoms with Gasteiger partial charge in [0.2, 0.25) is 0 Å². The van der Waals surface area contributed by atoms with Gasteiger partial charge in [0.1, 0.15) is 0 Å². The molecule has 122 valence electrons. The average molecular weight is 341 g/mol. The van der Waals surface area contributed by atoms with E-state index in [4.69, 9.17) is 16.9 Å². The van der Waals surface area contributed by atoms with E-state index < -0.39 is 0 Å². The zero-order chi connectivity index (χ0) is 16.9. The first-order valence-corrected chi connectivity index (χ1v) is 8.10. The van der Waals surface area contributed by atoms with Crippen LogP contribution in [-0.2, 0) is 0 Å². The highest BCUT2D eigenvalue weighted by Gasteiger charge is 2.21. The minimum Gasteiger partial charge on any atom is -0.368 e. The van der Waals surface area contributed by atoms with E-state index in [0.29, 0.717) is 24.3 Å². The van der Waals surface area contributed by atoms with Crippen LogP contribution in [0.25, 0.3) is 0 Å². The lowest BCUT2D eigenvalue weighted by Crippen LogP contribution is -2.50. The van der Waals surface area contributed by atoms with Crippen molar-refractivity contribution in [3.05, 3.63) is 59.1 Å². The molecule has 3 rings (SSSR count). The predicted octanol–water partition coefficient (Wildman–Crippen LogP) is 3.57. The zero-order valence-corrected chi connectivity index (χ0v) is 13.8. The van der Waals surface area contributed by atoms with Crippen LogP contribution in [0.1, 0.15) is 5.56 Å². The van der Waals surface area contributed by atoms with E-state index in [1.54, 1.807) is 29.2 Å². The van der Waals surface area contributed by atoms with Crippen LogP contribution in [0.5, 0.6) is 0 Å². The van der Waals surface area contributed by atoms with Crippen molar-refractivity contribution in [1.29, 1.82) is 5.26 Å². The second kappa shape index (κ2) is 7.24. The Bertz CT molecular complexity index is 761. The first-order valence-electron chi connectivity index (χ1n) is 7.72. The number of halogens is 1. The van der Waals surface area contributed by atoms with Crippen molar-refractivity contribution in [3.8, 4) is 6.07 Å². The number of nitrogens with one attached hydrogen (secondary N) is 1. The fraction of sp³-hybridized carbons (Fsp3) is 0.222. The molecule has 2 amide bonds. The van der Waals surface area contributed by atoms with Crippen molar-refractivity contribution >= 4 is 29.0 Å². The Labute approximate surface area is 146 Å². The number of hydrogen-bond acceptors (Lipinski definition) is 3. The highest BCUT2D eigenvalue weighted by molar-refractivity contribution is 6.30. The number of carbonyl (C=O) groups is 1. The number of piperazine rings is 1. The summed E-state index contributed by atoms with van der Waals surface area (Å²) in [6.45, 7) is 2.83. The van der Waals surface area contributed by atoms with Gasteiger partial charge in [0.25, 0.3) is 0 Å². The van der Waals surface area contributed by atoms with Crippen molar-refractivity contribution in [1.82, 2.24) is 4.90 Å². The van der Waals surface area contributed by atoms with E-state index in [1.807, 2.05) is 24.3 Å². The number of anilines is 2. The Morgan fingerprint density at radius 2 is 1.79 bits per heavy atom. The average Bonchev–Trinajstić information content (AvgIpc) is 2.62. The van der Waals surface area contributed by atoms with Gasteiger partial charge in [-0.2, -0.15) is 5.26 Å². The molecule has 1 saturated heterocycles. The smallest absolute Gasteiger partial charge is 0.321 e. The lowest BCUT2D eigenvalue weighted by atomic mass is 10.2. The molecule has 1 fully saturated rings. The van der Waals surface area contributed by atoms with E-state index in [1.165, 1.54) is 0 Å². The van der Waals surface area contributed by atoms with Gasteiger partial charge in [-0.05, 0) is 42.5 Å². The molecule has 0 spiro atoms. The third-order valence-electron chi connectivity index (χ3n) is 4.00. The summed E-state index contributed by atoms with van der Waals surface area (Å²) < 4.78 is 0. The van der Waals surface area contributed by atoms with Gasteiger partial charge in [-0.25, -0.2) is 4.79 Å². The SMILES string of the molecule is N#Cc1cccc(NC(=O)N2CCN(c3ccc(Cl)cc3)CC2)c1. The molecule has 1 N–H and O–H groups in total. The molecule has 5 nitrogen and oxygen atoms in total. The monoisotopic (exact) mass is 340 g/mol. The quantitative estimate of drug-likeness (QED) is 0.909. The van der Waals surface area contributed by atoms with Crippen molar-refractivity contribution in [2.24, 2.45) is 0 Å². The molecule has 0 aliphatic carbocycles. The Kier molecular flexibility index (Phi) is 4.88. The standard InChI is InChI=1S/C18H17ClN4O/c19-15-4-6-17(7-5-15)22-8-10-23(11-9-22)18(24)21-16-3-1-2-14(12-16)13-20/h1-7,12H,8-11H2,(H,21,24). The molecule has 1 aliphatic rings. The van der Waals surface area contributed by atoms with Gasteiger partial charge < -0.3 is 15.1 Å². The molecule has 0 unspecified atom stereocenters. The molecule has 24 heavy (non-hydrogen) atoms. The minimum absolute atomic E-state index is 0.138. The summed E-state index contributed by atoms with van der Waals surface area (Å²) in [5.41, 5.74) is 2.28. The van der Waals surface area contributed by atoms with Crippen LogP contribution in [0.15, 0.2) is 48.5 Å². The number of nitrogens with zero attached hydrogens (tertiary/aromatic N) is 3. The topological polar surface area (TPSA) is 59.4 Å². The number of amides is 2.